The third kappa shape index (κ3) is 3.23. The molecule has 1 aromatic carbocycles. The molecule has 0 aliphatic heterocycles. The van der Waals surface area contributed by atoms with Crippen LogP contribution in [0.2, 0.25) is 0 Å². The summed E-state index contributed by atoms with van der Waals surface area (Å²) in [7, 11) is 1.83. The normalized spacial score (nSPS) is 11.9. The van der Waals surface area contributed by atoms with Crippen LogP contribution in [0.4, 0.5) is 4.39 Å². The lowest BCUT2D eigenvalue weighted by Crippen LogP contribution is -2.31. The molecular formula is C16H14FN5O. The second-order valence-corrected chi connectivity index (χ2v) is 4.95. The standard InChI is InChI=1S/C16H14FN5O/c1-22-9-8-20-15(22)14(11-2-4-12(17)5-3-11)21-16(23)13-10-18-6-7-19-13/h2-10,14H,1H3,(H,21,23). The number of aryl methyl sites for hydroxylation is 1. The van der Waals surface area contributed by atoms with Crippen LogP contribution in [0.3, 0.4) is 0 Å². The minimum Gasteiger partial charge on any atom is -0.337 e. The lowest BCUT2D eigenvalue weighted by Gasteiger charge is -2.19. The fraction of sp³-hybridized carbons (Fsp3) is 0.125. The molecule has 2 heterocycles. The van der Waals surface area contributed by atoms with Crippen LogP contribution < -0.4 is 5.32 Å². The Kier molecular flexibility index (Phi) is 4.09. The topological polar surface area (TPSA) is 72.7 Å². The minimum atomic E-state index is -0.523. The predicted octanol–water partition coefficient (Wildman–Crippen LogP) is 1.87. The van der Waals surface area contributed by atoms with Gasteiger partial charge in [0, 0.05) is 31.8 Å². The molecular weight excluding hydrogens is 297 g/mol. The molecule has 0 saturated heterocycles. The van der Waals surface area contributed by atoms with E-state index in [1.165, 1.54) is 30.7 Å². The first-order chi connectivity index (χ1) is 11.1. The van der Waals surface area contributed by atoms with Crippen molar-refractivity contribution in [1.82, 2.24) is 24.8 Å². The van der Waals surface area contributed by atoms with Crippen molar-refractivity contribution in [1.29, 1.82) is 0 Å². The average molecular weight is 311 g/mol. The summed E-state index contributed by atoms with van der Waals surface area (Å²) in [5.41, 5.74) is 0.923. The van der Waals surface area contributed by atoms with Crippen LogP contribution in [0, 0.1) is 5.82 Å². The number of rotatable bonds is 4. The molecule has 0 aliphatic carbocycles. The number of carbonyl (C=O) groups excluding carboxylic acids is 1. The van der Waals surface area contributed by atoms with Crippen LogP contribution in [-0.4, -0.2) is 25.4 Å². The van der Waals surface area contributed by atoms with Crippen molar-refractivity contribution in [2.75, 3.05) is 0 Å². The molecule has 6 nitrogen and oxygen atoms in total. The Morgan fingerprint density at radius 1 is 1.17 bits per heavy atom. The minimum absolute atomic E-state index is 0.203. The monoisotopic (exact) mass is 311 g/mol. The van der Waals surface area contributed by atoms with Gasteiger partial charge in [-0.2, -0.15) is 0 Å². The zero-order chi connectivity index (χ0) is 16.2. The van der Waals surface area contributed by atoms with Gasteiger partial charge in [-0.1, -0.05) is 12.1 Å². The Balaban J connectivity index is 1.94. The van der Waals surface area contributed by atoms with E-state index in [9.17, 15) is 9.18 Å². The van der Waals surface area contributed by atoms with Crippen molar-refractivity contribution in [3.05, 3.63) is 78.1 Å². The molecule has 116 valence electrons. The quantitative estimate of drug-likeness (QED) is 0.798. The van der Waals surface area contributed by atoms with E-state index in [-0.39, 0.29) is 17.4 Å². The van der Waals surface area contributed by atoms with Crippen LogP contribution in [0.25, 0.3) is 0 Å². The summed E-state index contributed by atoms with van der Waals surface area (Å²) in [5.74, 6) is -0.0862. The van der Waals surface area contributed by atoms with Crippen molar-refractivity contribution in [3.63, 3.8) is 0 Å². The van der Waals surface area contributed by atoms with Gasteiger partial charge < -0.3 is 9.88 Å². The molecule has 1 N–H and O–H groups in total. The maximum Gasteiger partial charge on any atom is 0.272 e. The summed E-state index contributed by atoms with van der Waals surface area (Å²) in [6, 6.07) is 5.40. The second kappa shape index (κ2) is 6.35. The van der Waals surface area contributed by atoms with Gasteiger partial charge >= 0.3 is 0 Å². The Morgan fingerprint density at radius 3 is 2.57 bits per heavy atom. The van der Waals surface area contributed by atoms with E-state index in [2.05, 4.69) is 20.3 Å². The summed E-state index contributed by atoms with van der Waals surface area (Å²) in [4.78, 5) is 24.5. The maximum absolute atomic E-state index is 13.2. The molecule has 0 spiro atoms. The Morgan fingerprint density at radius 2 is 1.96 bits per heavy atom. The maximum atomic E-state index is 13.2. The van der Waals surface area contributed by atoms with Gasteiger partial charge in [-0.25, -0.2) is 14.4 Å². The predicted molar refractivity (Wildman–Crippen MR) is 80.9 cm³/mol. The summed E-state index contributed by atoms with van der Waals surface area (Å²) >= 11 is 0. The van der Waals surface area contributed by atoms with Crippen LogP contribution in [-0.2, 0) is 7.05 Å². The van der Waals surface area contributed by atoms with Gasteiger partial charge in [0.1, 0.15) is 23.4 Å². The van der Waals surface area contributed by atoms with Crippen LogP contribution >= 0.6 is 0 Å². The summed E-state index contributed by atoms with van der Waals surface area (Å²) in [6.07, 6.45) is 7.74. The molecule has 7 heteroatoms. The Labute approximate surface area is 132 Å². The number of imidazole rings is 1. The first kappa shape index (κ1) is 14.8. The largest absolute Gasteiger partial charge is 0.337 e. The van der Waals surface area contributed by atoms with E-state index in [4.69, 9.17) is 0 Å². The molecule has 0 bridgehead atoms. The highest BCUT2D eigenvalue weighted by Crippen LogP contribution is 2.21. The lowest BCUT2D eigenvalue weighted by molar-refractivity contribution is 0.0935. The Bertz CT molecular complexity index is 801. The number of halogens is 1. The fourth-order valence-electron chi connectivity index (χ4n) is 2.23. The average Bonchev–Trinajstić information content (AvgIpc) is 3.00. The highest BCUT2D eigenvalue weighted by Gasteiger charge is 2.22. The lowest BCUT2D eigenvalue weighted by atomic mass is 10.1. The van der Waals surface area contributed by atoms with Crippen molar-refractivity contribution in [2.45, 2.75) is 6.04 Å². The molecule has 23 heavy (non-hydrogen) atoms. The summed E-state index contributed by atoms with van der Waals surface area (Å²) in [5, 5.41) is 2.87. The zero-order valence-corrected chi connectivity index (χ0v) is 12.3. The number of benzene rings is 1. The number of hydrogen-bond donors (Lipinski definition) is 1. The summed E-state index contributed by atoms with van der Waals surface area (Å²) < 4.78 is 15.0. The van der Waals surface area contributed by atoms with E-state index < -0.39 is 6.04 Å². The number of aromatic nitrogens is 4. The van der Waals surface area contributed by atoms with E-state index in [0.29, 0.717) is 5.82 Å². The highest BCUT2D eigenvalue weighted by atomic mass is 19.1. The van der Waals surface area contributed by atoms with Crippen LogP contribution in [0.15, 0.2) is 55.2 Å². The summed E-state index contributed by atoms with van der Waals surface area (Å²) in [6.45, 7) is 0. The van der Waals surface area contributed by atoms with Gasteiger partial charge in [-0.15, -0.1) is 0 Å². The highest BCUT2D eigenvalue weighted by molar-refractivity contribution is 5.92. The smallest absolute Gasteiger partial charge is 0.272 e. The van der Waals surface area contributed by atoms with Gasteiger partial charge in [0.05, 0.1) is 6.20 Å². The van der Waals surface area contributed by atoms with Crippen molar-refractivity contribution in [2.24, 2.45) is 7.05 Å². The first-order valence-electron chi connectivity index (χ1n) is 6.94. The second-order valence-electron chi connectivity index (χ2n) is 4.95. The van der Waals surface area contributed by atoms with Crippen LogP contribution in [0.1, 0.15) is 27.9 Å². The number of nitrogens with one attached hydrogen (secondary N) is 1. The zero-order valence-electron chi connectivity index (χ0n) is 12.3. The molecule has 1 amide bonds. The number of hydrogen-bond acceptors (Lipinski definition) is 4. The van der Waals surface area contributed by atoms with Gasteiger partial charge in [-0.3, -0.25) is 9.78 Å². The van der Waals surface area contributed by atoms with Crippen molar-refractivity contribution >= 4 is 5.91 Å². The SMILES string of the molecule is Cn1ccnc1C(NC(=O)c1cnccn1)c1ccc(F)cc1. The Hall–Kier alpha value is -3.09. The van der Waals surface area contributed by atoms with E-state index >= 15 is 0 Å². The first-order valence-corrected chi connectivity index (χ1v) is 6.94. The van der Waals surface area contributed by atoms with E-state index in [1.807, 2.05) is 7.05 Å². The van der Waals surface area contributed by atoms with Gasteiger partial charge in [-0.05, 0) is 17.7 Å². The molecule has 1 atom stereocenters. The fourth-order valence-corrected chi connectivity index (χ4v) is 2.23. The van der Waals surface area contributed by atoms with Gasteiger partial charge in [0.25, 0.3) is 5.91 Å². The molecule has 0 saturated carbocycles. The van der Waals surface area contributed by atoms with Gasteiger partial charge in [0.15, 0.2) is 0 Å². The molecule has 0 radical (unpaired) electrons. The van der Waals surface area contributed by atoms with Crippen molar-refractivity contribution < 1.29 is 9.18 Å². The molecule has 3 rings (SSSR count). The number of carbonyl (C=O) groups is 1. The van der Waals surface area contributed by atoms with E-state index in [1.54, 1.807) is 29.1 Å². The third-order valence-electron chi connectivity index (χ3n) is 3.39. The number of amides is 1. The number of nitrogens with zero attached hydrogens (tertiary/aromatic N) is 4. The van der Waals surface area contributed by atoms with Gasteiger partial charge in [0.2, 0.25) is 0 Å². The molecule has 3 aromatic rings. The van der Waals surface area contributed by atoms with Crippen molar-refractivity contribution in [3.8, 4) is 0 Å². The van der Waals surface area contributed by atoms with E-state index in [0.717, 1.165) is 5.56 Å². The molecule has 0 fully saturated rings. The van der Waals surface area contributed by atoms with Crippen LogP contribution in [0.5, 0.6) is 0 Å². The molecule has 2 aromatic heterocycles. The molecule has 0 aliphatic rings. The molecule has 1 unspecified atom stereocenters. The third-order valence-corrected chi connectivity index (χ3v) is 3.39.